The largest absolute Gasteiger partial charge is 0.367 e. The fourth-order valence-electron chi connectivity index (χ4n) is 3.81. The predicted molar refractivity (Wildman–Crippen MR) is 98.2 cm³/mol. The molecule has 2 amide bonds. The van der Waals surface area contributed by atoms with Gasteiger partial charge in [-0.15, -0.1) is 11.3 Å². The van der Waals surface area contributed by atoms with Gasteiger partial charge in [0.2, 0.25) is 0 Å². The zero-order valence-corrected chi connectivity index (χ0v) is 15.1. The highest BCUT2D eigenvalue weighted by Gasteiger charge is 2.27. The van der Waals surface area contributed by atoms with Crippen molar-refractivity contribution in [2.75, 3.05) is 26.2 Å². The van der Waals surface area contributed by atoms with Crippen LogP contribution in [0.2, 0.25) is 0 Å². The second-order valence-electron chi connectivity index (χ2n) is 6.80. The maximum Gasteiger partial charge on any atom is 0.255 e. The van der Waals surface area contributed by atoms with E-state index in [1.807, 2.05) is 15.2 Å². The van der Waals surface area contributed by atoms with E-state index in [0.717, 1.165) is 31.4 Å². The highest BCUT2D eigenvalue weighted by molar-refractivity contribution is 7.10. The normalized spacial score (nSPS) is 17.9. The van der Waals surface area contributed by atoms with E-state index in [1.165, 1.54) is 23.3 Å². The van der Waals surface area contributed by atoms with E-state index in [9.17, 15) is 9.59 Å². The molecular formula is C19H23N3O2S. The number of carbonyl (C=O) groups is 2. The quantitative estimate of drug-likeness (QED) is 0.898. The van der Waals surface area contributed by atoms with Crippen LogP contribution < -0.4 is 0 Å². The number of thiophene rings is 1. The van der Waals surface area contributed by atoms with Crippen LogP contribution in [0.25, 0.3) is 0 Å². The van der Waals surface area contributed by atoms with Crippen molar-refractivity contribution < 1.29 is 9.59 Å². The van der Waals surface area contributed by atoms with Crippen LogP contribution in [0.3, 0.4) is 0 Å². The molecule has 2 aliphatic rings. The van der Waals surface area contributed by atoms with Gasteiger partial charge in [0.15, 0.2) is 0 Å². The monoisotopic (exact) mass is 357 g/mol. The van der Waals surface area contributed by atoms with Gasteiger partial charge in [-0.2, -0.15) is 0 Å². The van der Waals surface area contributed by atoms with Gasteiger partial charge in [-0.1, -0.05) is 0 Å². The van der Waals surface area contributed by atoms with Crippen molar-refractivity contribution in [1.29, 1.82) is 0 Å². The SMILES string of the molecule is O=C(c1cc[nH]c1)N1CCCN(C(=O)c2csc3c2CCCC3)CC1. The van der Waals surface area contributed by atoms with E-state index in [4.69, 9.17) is 0 Å². The summed E-state index contributed by atoms with van der Waals surface area (Å²) in [7, 11) is 0. The Labute approximate surface area is 151 Å². The molecule has 4 rings (SSSR count). The number of aromatic amines is 1. The Balaban J connectivity index is 1.45. The average molecular weight is 357 g/mol. The first-order chi connectivity index (χ1) is 12.2. The molecule has 1 saturated heterocycles. The molecule has 1 fully saturated rings. The lowest BCUT2D eigenvalue weighted by Gasteiger charge is -2.22. The molecule has 0 unspecified atom stereocenters. The van der Waals surface area contributed by atoms with E-state index in [-0.39, 0.29) is 11.8 Å². The Morgan fingerprint density at radius 2 is 1.72 bits per heavy atom. The maximum absolute atomic E-state index is 13.0. The summed E-state index contributed by atoms with van der Waals surface area (Å²) in [6.07, 6.45) is 8.89. The van der Waals surface area contributed by atoms with Crippen molar-refractivity contribution >= 4 is 23.2 Å². The third kappa shape index (κ3) is 3.23. The molecule has 0 spiro atoms. The number of nitrogens with zero attached hydrogens (tertiary/aromatic N) is 2. The minimum atomic E-state index is 0.0449. The lowest BCUT2D eigenvalue weighted by Crippen LogP contribution is -2.37. The molecule has 0 aromatic carbocycles. The summed E-state index contributed by atoms with van der Waals surface area (Å²) in [5.74, 6) is 0.193. The molecule has 1 aliphatic carbocycles. The van der Waals surface area contributed by atoms with E-state index < -0.39 is 0 Å². The average Bonchev–Trinajstić information content (AvgIpc) is 3.25. The number of carbonyl (C=O) groups excluding carboxylic acids is 2. The van der Waals surface area contributed by atoms with Gasteiger partial charge in [-0.05, 0) is 43.7 Å². The molecule has 132 valence electrons. The van der Waals surface area contributed by atoms with Crippen LogP contribution in [0.5, 0.6) is 0 Å². The summed E-state index contributed by atoms with van der Waals surface area (Å²) in [6, 6.07) is 1.80. The zero-order chi connectivity index (χ0) is 17.2. The topological polar surface area (TPSA) is 56.4 Å². The first-order valence-corrected chi connectivity index (χ1v) is 9.92. The molecule has 6 heteroatoms. The first-order valence-electron chi connectivity index (χ1n) is 9.04. The maximum atomic E-state index is 13.0. The highest BCUT2D eigenvalue weighted by atomic mass is 32.1. The Morgan fingerprint density at radius 3 is 2.48 bits per heavy atom. The Bertz CT molecular complexity index is 766. The molecule has 1 aliphatic heterocycles. The van der Waals surface area contributed by atoms with Crippen LogP contribution in [0.1, 0.15) is 50.4 Å². The van der Waals surface area contributed by atoms with Crippen molar-refractivity contribution in [3.8, 4) is 0 Å². The van der Waals surface area contributed by atoms with Crippen molar-refractivity contribution in [3.05, 3.63) is 45.4 Å². The number of nitrogens with one attached hydrogen (secondary N) is 1. The summed E-state index contributed by atoms with van der Waals surface area (Å²) in [5, 5.41) is 2.05. The Kier molecular flexibility index (Phi) is 4.61. The van der Waals surface area contributed by atoms with E-state index >= 15 is 0 Å². The van der Waals surface area contributed by atoms with Gasteiger partial charge in [0.1, 0.15) is 0 Å². The number of aryl methyl sites for hydroxylation is 1. The molecular weight excluding hydrogens is 334 g/mol. The lowest BCUT2D eigenvalue weighted by atomic mass is 9.95. The molecule has 0 saturated carbocycles. The van der Waals surface area contributed by atoms with Crippen molar-refractivity contribution in [2.45, 2.75) is 32.1 Å². The van der Waals surface area contributed by atoms with Crippen LogP contribution in [-0.4, -0.2) is 52.8 Å². The third-order valence-corrected chi connectivity index (χ3v) is 6.30. The van der Waals surface area contributed by atoms with Gasteiger partial charge in [0.05, 0.1) is 11.1 Å². The van der Waals surface area contributed by atoms with E-state index in [1.54, 1.807) is 29.8 Å². The molecule has 25 heavy (non-hydrogen) atoms. The van der Waals surface area contributed by atoms with Crippen LogP contribution >= 0.6 is 11.3 Å². The van der Waals surface area contributed by atoms with Gasteiger partial charge < -0.3 is 14.8 Å². The van der Waals surface area contributed by atoms with E-state index in [0.29, 0.717) is 25.2 Å². The van der Waals surface area contributed by atoms with Gasteiger partial charge >= 0.3 is 0 Å². The van der Waals surface area contributed by atoms with Gasteiger partial charge in [-0.3, -0.25) is 9.59 Å². The Morgan fingerprint density at radius 1 is 0.960 bits per heavy atom. The molecule has 2 aromatic rings. The molecule has 0 atom stereocenters. The third-order valence-electron chi connectivity index (χ3n) is 5.21. The molecule has 5 nitrogen and oxygen atoms in total. The standard InChI is InChI=1S/C19H23N3O2S/c23-18(14-6-7-20-12-14)21-8-3-9-22(11-10-21)19(24)16-13-25-17-5-2-1-4-15(16)17/h6-7,12-13,20H,1-5,8-11H2. The van der Waals surface area contributed by atoms with Crippen LogP contribution in [0, 0.1) is 0 Å². The zero-order valence-electron chi connectivity index (χ0n) is 14.3. The number of H-pyrrole nitrogens is 1. The van der Waals surface area contributed by atoms with Crippen molar-refractivity contribution in [1.82, 2.24) is 14.8 Å². The lowest BCUT2D eigenvalue weighted by molar-refractivity contribution is 0.0718. The number of amides is 2. The van der Waals surface area contributed by atoms with Gasteiger partial charge in [0.25, 0.3) is 11.8 Å². The van der Waals surface area contributed by atoms with Crippen LogP contribution in [0.15, 0.2) is 23.8 Å². The first kappa shape index (κ1) is 16.4. The predicted octanol–water partition coefficient (Wildman–Crippen LogP) is 2.94. The smallest absolute Gasteiger partial charge is 0.255 e. The molecule has 0 bridgehead atoms. The molecule has 1 N–H and O–H groups in total. The minimum Gasteiger partial charge on any atom is -0.367 e. The number of hydrogen-bond acceptors (Lipinski definition) is 3. The summed E-state index contributed by atoms with van der Waals surface area (Å²) >= 11 is 1.74. The second kappa shape index (κ2) is 7.04. The fourth-order valence-corrected chi connectivity index (χ4v) is 4.93. The van der Waals surface area contributed by atoms with Gasteiger partial charge in [-0.25, -0.2) is 0 Å². The summed E-state index contributed by atoms with van der Waals surface area (Å²) in [4.78, 5) is 33.6. The van der Waals surface area contributed by atoms with Crippen LogP contribution in [-0.2, 0) is 12.8 Å². The number of hydrogen-bond donors (Lipinski definition) is 1. The number of rotatable bonds is 2. The number of fused-ring (bicyclic) bond motifs is 1. The Hall–Kier alpha value is -2.08. The minimum absolute atomic E-state index is 0.0449. The van der Waals surface area contributed by atoms with E-state index in [2.05, 4.69) is 4.98 Å². The van der Waals surface area contributed by atoms with Crippen LogP contribution in [0.4, 0.5) is 0 Å². The highest BCUT2D eigenvalue weighted by Crippen LogP contribution is 2.31. The van der Waals surface area contributed by atoms with Gasteiger partial charge in [0, 0.05) is 48.8 Å². The molecule has 2 aromatic heterocycles. The fraction of sp³-hybridized carbons (Fsp3) is 0.474. The van der Waals surface area contributed by atoms with Crippen molar-refractivity contribution in [2.24, 2.45) is 0 Å². The summed E-state index contributed by atoms with van der Waals surface area (Å²) in [6.45, 7) is 2.64. The second-order valence-corrected chi connectivity index (χ2v) is 7.76. The molecule has 0 radical (unpaired) electrons. The number of aromatic nitrogens is 1. The molecule has 3 heterocycles. The van der Waals surface area contributed by atoms with Crippen molar-refractivity contribution in [3.63, 3.8) is 0 Å². The summed E-state index contributed by atoms with van der Waals surface area (Å²) < 4.78 is 0. The summed E-state index contributed by atoms with van der Waals surface area (Å²) in [5.41, 5.74) is 2.88.